The van der Waals surface area contributed by atoms with Gasteiger partial charge in [0.25, 0.3) is 5.56 Å². The van der Waals surface area contributed by atoms with E-state index in [0.29, 0.717) is 35.7 Å². The average molecular weight is 482 g/mol. The van der Waals surface area contributed by atoms with E-state index in [1.165, 1.54) is 0 Å². The minimum Gasteiger partial charge on any atom is -0.353 e. The van der Waals surface area contributed by atoms with E-state index >= 15 is 0 Å². The number of nitrogens with one attached hydrogen (secondary N) is 1. The summed E-state index contributed by atoms with van der Waals surface area (Å²) in [5, 5.41) is 10.6. The number of amides is 1. The molecule has 7 nitrogen and oxygen atoms in total. The third-order valence-electron chi connectivity index (χ3n) is 6.38. The first-order valence-corrected chi connectivity index (χ1v) is 12.3. The van der Waals surface area contributed by atoms with Gasteiger partial charge in [-0.15, -0.1) is 11.3 Å². The molecule has 0 saturated heterocycles. The molecule has 0 aliphatic heterocycles. The molecule has 9 heteroatoms. The fourth-order valence-corrected chi connectivity index (χ4v) is 5.73. The summed E-state index contributed by atoms with van der Waals surface area (Å²) >= 11 is 7.59. The van der Waals surface area contributed by atoms with Crippen LogP contribution < -0.4 is 10.9 Å². The van der Waals surface area contributed by atoms with E-state index < -0.39 is 5.41 Å². The Morgan fingerprint density at radius 2 is 1.97 bits per heavy atom. The number of aromatic nitrogens is 4. The fraction of sp³-hybridized carbons (Fsp3) is 0.333. The highest BCUT2D eigenvalue weighted by Gasteiger charge is 2.43. The van der Waals surface area contributed by atoms with Crippen molar-refractivity contribution in [3.63, 3.8) is 0 Å². The lowest BCUT2D eigenvalue weighted by molar-refractivity contribution is -0.126. The van der Waals surface area contributed by atoms with Crippen LogP contribution in [0.3, 0.4) is 0 Å². The minimum atomic E-state index is -0.409. The van der Waals surface area contributed by atoms with Gasteiger partial charge in [-0.25, -0.2) is 9.67 Å². The van der Waals surface area contributed by atoms with Crippen molar-refractivity contribution in [3.8, 4) is 0 Å². The number of carbonyl (C=O) groups excluding carboxylic acids is 1. The Labute approximate surface area is 200 Å². The van der Waals surface area contributed by atoms with E-state index in [1.54, 1.807) is 45.2 Å². The van der Waals surface area contributed by atoms with Gasteiger partial charge in [-0.05, 0) is 42.0 Å². The molecule has 0 unspecified atom stereocenters. The predicted octanol–water partition coefficient (Wildman–Crippen LogP) is 3.98. The highest BCUT2D eigenvalue weighted by Crippen LogP contribution is 2.43. The number of benzene rings is 1. The van der Waals surface area contributed by atoms with Gasteiger partial charge in [0, 0.05) is 16.4 Å². The van der Waals surface area contributed by atoms with Crippen LogP contribution in [0.25, 0.3) is 11.0 Å². The maximum atomic E-state index is 13.1. The molecule has 3 heterocycles. The number of fused-ring (bicyclic) bond motifs is 1. The molecule has 3 aromatic heterocycles. The highest BCUT2D eigenvalue weighted by molar-refractivity contribution is 7.10. The zero-order valence-corrected chi connectivity index (χ0v) is 19.6. The van der Waals surface area contributed by atoms with Crippen molar-refractivity contribution < 1.29 is 4.79 Å². The van der Waals surface area contributed by atoms with E-state index in [-0.39, 0.29) is 11.5 Å². The molecule has 1 saturated carbocycles. The second-order valence-corrected chi connectivity index (χ2v) is 9.82. The lowest BCUT2D eigenvalue weighted by atomic mass is 9.83. The van der Waals surface area contributed by atoms with Crippen molar-refractivity contribution in [1.82, 2.24) is 24.6 Å². The van der Waals surface area contributed by atoms with Gasteiger partial charge in [-0.3, -0.25) is 14.2 Å². The summed E-state index contributed by atoms with van der Waals surface area (Å²) < 4.78 is 3.24. The van der Waals surface area contributed by atoms with E-state index in [4.69, 9.17) is 11.6 Å². The Morgan fingerprint density at radius 1 is 1.18 bits per heavy atom. The monoisotopic (exact) mass is 481 g/mol. The number of halogens is 1. The first-order valence-electron chi connectivity index (χ1n) is 11.0. The predicted molar refractivity (Wildman–Crippen MR) is 130 cm³/mol. The van der Waals surface area contributed by atoms with Crippen LogP contribution >= 0.6 is 22.9 Å². The number of hydrogen-bond acceptors (Lipinski definition) is 5. The quantitative estimate of drug-likeness (QED) is 0.433. The number of carbonyl (C=O) groups is 1. The van der Waals surface area contributed by atoms with Gasteiger partial charge in [0.1, 0.15) is 11.7 Å². The summed E-state index contributed by atoms with van der Waals surface area (Å²) in [5.41, 5.74) is 0.932. The number of rotatable bonds is 7. The Hall–Kier alpha value is -2.97. The van der Waals surface area contributed by atoms with E-state index in [9.17, 15) is 9.59 Å². The molecule has 1 N–H and O–H groups in total. The number of nitrogens with zero attached hydrogens (tertiary/aromatic N) is 4. The van der Waals surface area contributed by atoms with Gasteiger partial charge in [0.05, 0.1) is 24.7 Å². The maximum Gasteiger partial charge on any atom is 0.264 e. The molecule has 0 spiro atoms. The Kier molecular flexibility index (Phi) is 6.03. The molecule has 4 aromatic rings. The van der Waals surface area contributed by atoms with Crippen LogP contribution in [0.1, 0.15) is 36.1 Å². The van der Waals surface area contributed by atoms with Crippen LogP contribution in [0.2, 0.25) is 5.02 Å². The van der Waals surface area contributed by atoms with Gasteiger partial charge < -0.3 is 5.32 Å². The largest absolute Gasteiger partial charge is 0.353 e. The third kappa shape index (κ3) is 4.20. The molecule has 1 aromatic carbocycles. The lowest BCUT2D eigenvalue weighted by Gasteiger charge is -2.26. The van der Waals surface area contributed by atoms with Crippen molar-refractivity contribution in [3.05, 3.63) is 80.1 Å². The number of thiophene rings is 1. The first-order chi connectivity index (χ1) is 16.1. The van der Waals surface area contributed by atoms with Crippen molar-refractivity contribution in [2.24, 2.45) is 0 Å². The smallest absolute Gasteiger partial charge is 0.264 e. The van der Waals surface area contributed by atoms with Crippen LogP contribution in [0, 0.1) is 0 Å². The van der Waals surface area contributed by atoms with Gasteiger partial charge in [0.15, 0.2) is 5.65 Å². The molecular formula is C24H24ClN5O2S. The Morgan fingerprint density at radius 3 is 2.70 bits per heavy atom. The molecule has 1 amide bonds. The summed E-state index contributed by atoms with van der Waals surface area (Å²) in [5.74, 6) is 0.0807. The number of hydrogen-bond donors (Lipinski definition) is 1. The first kappa shape index (κ1) is 21.9. The van der Waals surface area contributed by atoms with Crippen molar-refractivity contribution >= 4 is 39.9 Å². The van der Waals surface area contributed by atoms with Crippen LogP contribution in [-0.4, -0.2) is 31.8 Å². The second kappa shape index (κ2) is 9.11. The lowest BCUT2D eigenvalue weighted by Crippen LogP contribution is -2.43. The van der Waals surface area contributed by atoms with Crippen LogP contribution in [0.15, 0.2) is 59.1 Å². The van der Waals surface area contributed by atoms with Gasteiger partial charge >= 0.3 is 0 Å². The van der Waals surface area contributed by atoms with Gasteiger partial charge in [0.2, 0.25) is 5.91 Å². The van der Waals surface area contributed by atoms with Crippen molar-refractivity contribution in [2.45, 2.75) is 44.2 Å². The molecule has 33 heavy (non-hydrogen) atoms. The van der Waals surface area contributed by atoms with Crippen molar-refractivity contribution in [2.75, 3.05) is 6.54 Å². The molecule has 0 atom stereocenters. The summed E-state index contributed by atoms with van der Waals surface area (Å²) in [6, 6.07) is 11.4. The molecule has 1 aliphatic rings. The van der Waals surface area contributed by atoms with Crippen LogP contribution in [-0.2, 0) is 23.3 Å². The standard InChI is InChI=1S/C24H24ClN5O2S/c25-18-7-5-17(6-8-18)15-29-16-27-21-19(22(29)31)14-28-30(21)12-11-26-23(32)24(9-1-2-10-24)20-4-3-13-33-20/h3-8,13-14,16H,1-2,9-12,15H2,(H,26,32). The molecule has 0 bridgehead atoms. The molecule has 1 aliphatic carbocycles. The SMILES string of the molecule is O=C(NCCn1ncc2c(=O)n(Cc3ccc(Cl)cc3)cnc21)C1(c2cccs2)CCCC1. The van der Waals surface area contributed by atoms with Gasteiger partial charge in [-0.2, -0.15) is 5.10 Å². The molecule has 0 radical (unpaired) electrons. The van der Waals surface area contributed by atoms with E-state index in [1.807, 2.05) is 23.6 Å². The summed E-state index contributed by atoms with van der Waals surface area (Å²) in [6.45, 7) is 1.28. The normalized spacial score (nSPS) is 15.2. The third-order valence-corrected chi connectivity index (χ3v) is 7.71. The highest BCUT2D eigenvalue weighted by atomic mass is 35.5. The molecular weight excluding hydrogens is 458 g/mol. The van der Waals surface area contributed by atoms with Crippen LogP contribution in [0.5, 0.6) is 0 Å². The summed E-state index contributed by atoms with van der Waals surface area (Å²) in [4.78, 5) is 31.7. The zero-order chi connectivity index (χ0) is 22.8. The van der Waals surface area contributed by atoms with Gasteiger partial charge in [-0.1, -0.05) is 42.6 Å². The molecule has 170 valence electrons. The van der Waals surface area contributed by atoms with E-state index in [0.717, 1.165) is 36.1 Å². The fourth-order valence-electron chi connectivity index (χ4n) is 4.62. The maximum absolute atomic E-state index is 13.1. The van der Waals surface area contributed by atoms with Crippen LogP contribution in [0.4, 0.5) is 0 Å². The molecule has 1 fully saturated rings. The van der Waals surface area contributed by atoms with E-state index in [2.05, 4.69) is 21.5 Å². The van der Waals surface area contributed by atoms with Crippen molar-refractivity contribution in [1.29, 1.82) is 0 Å². The summed E-state index contributed by atoms with van der Waals surface area (Å²) in [6.07, 6.45) is 7.01. The topological polar surface area (TPSA) is 81.8 Å². The molecule has 5 rings (SSSR count). The zero-order valence-electron chi connectivity index (χ0n) is 18.0. The Balaban J connectivity index is 1.28. The summed E-state index contributed by atoms with van der Waals surface area (Å²) in [7, 11) is 0. The Bertz CT molecular complexity index is 1320. The minimum absolute atomic E-state index is 0.0807. The average Bonchev–Trinajstić information content (AvgIpc) is 3.58. The second-order valence-electron chi connectivity index (χ2n) is 8.43.